The Hall–Kier alpha value is -0.780. The summed E-state index contributed by atoms with van der Waals surface area (Å²) in [5.74, 6) is 0.180. The minimum atomic E-state index is -3.20. The molecule has 19 heavy (non-hydrogen) atoms. The van der Waals surface area contributed by atoms with E-state index in [9.17, 15) is 8.42 Å². The van der Waals surface area contributed by atoms with E-state index in [1.165, 1.54) is 4.31 Å². The molecule has 1 aromatic carbocycles. The van der Waals surface area contributed by atoms with Crippen molar-refractivity contribution in [1.29, 1.82) is 0 Å². The van der Waals surface area contributed by atoms with E-state index in [2.05, 4.69) is 11.8 Å². The average Bonchev–Trinajstić information content (AvgIpc) is 2.38. The summed E-state index contributed by atoms with van der Waals surface area (Å²) in [6.45, 7) is 4.13. The zero-order valence-electron chi connectivity index (χ0n) is 11.0. The lowest BCUT2D eigenvalue weighted by Crippen LogP contribution is -2.50. The van der Waals surface area contributed by atoms with E-state index in [0.29, 0.717) is 23.9 Å². The van der Waals surface area contributed by atoms with Crippen molar-refractivity contribution in [3.8, 4) is 0 Å². The quantitative estimate of drug-likeness (QED) is 0.858. The van der Waals surface area contributed by atoms with Crippen LogP contribution >= 0.6 is 11.6 Å². The topological polar surface area (TPSA) is 40.6 Å². The molecule has 0 radical (unpaired) electrons. The zero-order valence-corrected chi connectivity index (χ0v) is 12.6. The number of sulfonamides is 1. The van der Waals surface area contributed by atoms with E-state index in [4.69, 9.17) is 11.6 Å². The van der Waals surface area contributed by atoms with Crippen LogP contribution in [-0.4, -0.2) is 38.8 Å². The number of anilines is 1. The lowest BCUT2D eigenvalue weighted by molar-refractivity contribution is 0.283. The maximum Gasteiger partial charge on any atom is 0.237 e. The number of hydrogen-bond acceptors (Lipinski definition) is 3. The van der Waals surface area contributed by atoms with Gasteiger partial charge in [0.25, 0.3) is 0 Å². The Morgan fingerprint density at radius 1 is 1.26 bits per heavy atom. The molecule has 0 amide bonds. The minimum absolute atomic E-state index is 0.180. The molecule has 106 valence electrons. The molecule has 0 atom stereocenters. The van der Waals surface area contributed by atoms with Crippen LogP contribution in [0.5, 0.6) is 0 Å². The van der Waals surface area contributed by atoms with Gasteiger partial charge in [-0.25, -0.2) is 8.42 Å². The van der Waals surface area contributed by atoms with Crippen molar-refractivity contribution in [3.05, 3.63) is 29.3 Å². The summed E-state index contributed by atoms with van der Waals surface area (Å²) in [6.07, 6.45) is 2.21. The van der Waals surface area contributed by atoms with Crippen LogP contribution < -0.4 is 4.31 Å². The van der Waals surface area contributed by atoms with Gasteiger partial charge in [0.1, 0.15) is 0 Å². The lowest BCUT2D eigenvalue weighted by Gasteiger charge is -2.36. The Bertz CT molecular complexity index is 516. The third-order valence-electron chi connectivity index (χ3n) is 3.27. The molecule has 1 heterocycles. The smallest absolute Gasteiger partial charge is 0.237 e. The molecule has 1 aromatic rings. The van der Waals surface area contributed by atoms with Gasteiger partial charge in [-0.2, -0.15) is 0 Å². The van der Waals surface area contributed by atoms with Crippen LogP contribution in [0.3, 0.4) is 0 Å². The van der Waals surface area contributed by atoms with Crippen molar-refractivity contribution in [2.45, 2.75) is 19.8 Å². The van der Waals surface area contributed by atoms with Crippen molar-refractivity contribution in [3.63, 3.8) is 0 Å². The molecule has 4 nitrogen and oxygen atoms in total. The lowest BCUT2D eigenvalue weighted by atomic mass is 10.3. The van der Waals surface area contributed by atoms with Crippen LogP contribution in [-0.2, 0) is 10.0 Å². The summed E-state index contributed by atoms with van der Waals surface area (Å²) in [6, 6.07) is 6.95. The molecule has 1 fully saturated rings. The van der Waals surface area contributed by atoms with Gasteiger partial charge in [-0.3, -0.25) is 9.21 Å². The van der Waals surface area contributed by atoms with Gasteiger partial charge in [0, 0.05) is 11.6 Å². The monoisotopic (exact) mass is 302 g/mol. The molecule has 0 aliphatic carbocycles. The summed E-state index contributed by atoms with van der Waals surface area (Å²) in [7, 11) is -3.20. The third kappa shape index (κ3) is 3.61. The van der Waals surface area contributed by atoms with Crippen LogP contribution in [0.2, 0.25) is 5.02 Å². The summed E-state index contributed by atoms with van der Waals surface area (Å²) >= 11 is 5.84. The molecule has 0 N–H and O–H groups in total. The fourth-order valence-corrected chi connectivity index (χ4v) is 3.73. The third-order valence-corrected chi connectivity index (χ3v) is 5.22. The second-order valence-corrected chi connectivity index (χ2v) is 7.20. The van der Waals surface area contributed by atoms with E-state index in [1.807, 2.05) is 0 Å². The fraction of sp³-hybridized carbons (Fsp3) is 0.538. The fourth-order valence-electron chi connectivity index (χ4n) is 2.11. The number of halogens is 1. The van der Waals surface area contributed by atoms with Gasteiger partial charge in [-0.05, 0) is 37.2 Å². The summed E-state index contributed by atoms with van der Waals surface area (Å²) in [5, 5.41) is 0.612. The first-order chi connectivity index (χ1) is 9.03. The Labute approximate surface area is 120 Å². The molecule has 6 heteroatoms. The number of hydrogen-bond donors (Lipinski definition) is 0. The standard InChI is InChI=1S/C13H19ClN2O2S/c1-2-3-8-15-9-10-19(17,18)16(11-15)13-6-4-12(14)5-7-13/h4-7H,2-3,8-11H2,1H3. The Balaban J connectivity index is 2.17. The highest BCUT2D eigenvalue weighted by Crippen LogP contribution is 2.23. The van der Waals surface area contributed by atoms with Crippen LogP contribution in [0.4, 0.5) is 5.69 Å². The first-order valence-corrected chi connectivity index (χ1v) is 8.50. The van der Waals surface area contributed by atoms with Gasteiger partial charge < -0.3 is 0 Å². The van der Waals surface area contributed by atoms with Gasteiger partial charge in [0.15, 0.2) is 0 Å². The Morgan fingerprint density at radius 2 is 1.95 bits per heavy atom. The van der Waals surface area contributed by atoms with Crippen LogP contribution in [0.15, 0.2) is 24.3 Å². The van der Waals surface area contributed by atoms with Gasteiger partial charge >= 0.3 is 0 Å². The second kappa shape index (κ2) is 6.11. The number of nitrogens with zero attached hydrogens (tertiary/aromatic N) is 2. The summed E-state index contributed by atoms with van der Waals surface area (Å²) in [5.41, 5.74) is 0.686. The van der Waals surface area contributed by atoms with Gasteiger partial charge in [0.05, 0.1) is 18.1 Å². The molecular weight excluding hydrogens is 284 g/mol. The van der Waals surface area contributed by atoms with E-state index in [-0.39, 0.29) is 5.75 Å². The van der Waals surface area contributed by atoms with Gasteiger partial charge in [0.2, 0.25) is 10.0 Å². The predicted octanol–water partition coefficient (Wildman–Crippen LogP) is 2.55. The predicted molar refractivity (Wildman–Crippen MR) is 79.1 cm³/mol. The van der Waals surface area contributed by atoms with E-state index in [1.54, 1.807) is 24.3 Å². The zero-order chi connectivity index (χ0) is 13.9. The van der Waals surface area contributed by atoms with Crippen LogP contribution in [0, 0.1) is 0 Å². The second-order valence-electron chi connectivity index (χ2n) is 4.75. The molecule has 0 aromatic heterocycles. The van der Waals surface area contributed by atoms with Crippen molar-refractivity contribution in [2.75, 3.05) is 29.8 Å². The van der Waals surface area contributed by atoms with Crippen molar-refractivity contribution < 1.29 is 8.42 Å². The molecule has 1 saturated heterocycles. The van der Waals surface area contributed by atoms with E-state index in [0.717, 1.165) is 19.4 Å². The first-order valence-electron chi connectivity index (χ1n) is 6.51. The van der Waals surface area contributed by atoms with Crippen molar-refractivity contribution in [1.82, 2.24) is 4.90 Å². The average molecular weight is 303 g/mol. The van der Waals surface area contributed by atoms with Crippen molar-refractivity contribution in [2.24, 2.45) is 0 Å². The van der Waals surface area contributed by atoms with Gasteiger partial charge in [-0.1, -0.05) is 24.9 Å². The summed E-state index contributed by atoms with van der Waals surface area (Å²) in [4.78, 5) is 2.18. The minimum Gasteiger partial charge on any atom is -0.284 e. The number of unbranched alkanes of at least 4 members (excludes halogenated alkanes) is 1. The normalized spacial score (nSPS) is 19.6. The molecule has 0 unspecified atom stereocenters. The van der Waals surface area contributed by atoms with Gasteiger partial charge in [-0.15, -0.1) is 0 Å². The highest BCUT2D eigenvalue weighted by molar-refractivity contribution is 7.92. The SMILES string of the molecule is CCCCN1CCS(=O)(=O)N(c2ccc(Cl)cc2)C1. The Kier molecular flexibility index (Phi) is 4.71. The molecule has 1 aliphatic heterocycles. The summed E-state index contributed by atoms with van der Waals surface area (Å²) < 4.78 is 25.8. The largest absolute Gasteiger partial charge is 0.284 e. The van der Waals surface area contributed by atoms with E-state index < -0.39 is 10.0 Å². The highest BCUT2D eigenvalue weighted by atomic mass is 35.5. The molecule has 1 aliphatic rings. The first kappa shape index (κ1) is 14.6. The van der Waals surface area contributed by atoms with Crippen LogP contribution in [0.25, 0.3) is 0 Å². The molecular formula is C13H19ClN2O2S. The molecule has 2 rings (SSSR count). The van der Waals surface area contributed by atoms with Crippen LogP contribution in [0.1, 0.15) is 19.8 Å². The van der Waals surface area contributed by atoms with E-state index >= 15 is 0 Å². The maximum absolute atomic E-state index is 12.2. The highest BCUT2D eigenvalue weighted by Gasteiger charge is 2.29. The Morgan fingerprint density at radius 3 is 2.58 bits per heavy atom. The number of rotatable bonds is 4. The molecule has 0 saturated carbocycles. The maximum atomic E-state index is 12.2. The molecule has 0 spiro atoms. The molecule has 0 bridgehead atoms. The van der Waals surface area contributed by atoms with Crippen molar-refractivity contribution >= 4 is 27.3 Å². The number of benzene rings is 1.